The van der Waals surface area contributed by atoms with Crippen LogP contribution in [0.25, 0.3) is 22.0 Å². The van der Waals surface area contributed by atoms with Crippen molar-refractivity contribution < 1.29 is 8.42 Å². The van der Waals surface area contributed by atoms with Crippen LogP contribution >= 0.6 is 0 Å². The lowest BCUT2D eigenvalue weighted by molar-refractivity contribution is 0.364. The highest BCUT2D eigenvalue weighted by molar-refractivity contribution is 7.89. The van der Waals surface area contributed by atoms with Gasteiger partial charge in [-0.05, 0) is 53.0 Å². The second kappa shape index (κ2) is 9.56. The fourth-order valence-electron chi connectivity index (χ4n) is 5.30. The van der Waals surface area contributed by atoms with Crippen LogP contribution in [0.4, 0.5) is 0 Å². The number of sulfonamides is 1. The number of hydrogen-bond acceptors (Lipinski definition) is 3. The van der Waals surface area contributed by atoms with E-state index in [2.05, 4.69) is 60.0 Å². The average molecular weight is 485 g/mol. The minimum Gasteiger partial charge on any atom is -0.255 e. The number of pyridine rings is 1. The van der Waals surface area contributed by atoms with E-state index in [0.717, 1.165) is 41.3 Å². The largest absolute Gasteiger partial charge is 0.255 e. The van der Waals surface area contributed by atoms with E-state index < -0.39 is 10.0 Å². The first-order chi connectivity index (χ1) is 16.9. The van der Waals surface area contributed by atoms with E-state index in [0.29, 0.717) is 11.4 Å². The maximum atomic E-state index is 13.8. The second-order valence-corrected chi connectivity index (χ2v) is 11.6. The second-order valence-electron chi connectivity index (χ2n) is 9.92. The quantitative estimate of drug-likeness (QED) is 0.275. The van der Waals surface area contributed by atoms with E-state index in [4.69, 9.17) is 0 Å². The molecule has 1 fully saturated rings. The van der Waals surface area contributed by atoms with Crippen molar-refractivity contribution in [1.29, 1.82) is 0 Å². The summed E-state index contributed by atoms with van der Waals surface area (Å²) < 4.78 is 30.6. The van der Waals surface area contributed by atoms with Crippen LogP contribution in [-0.4, -0.2) is 13.4 Å². The summed E-state index contributed by atoms with van der Waals surface area (Å²) in [6.07, 6.45) is 6.11. The summed E-state index contributed by atoms with van der Waals surface area (Å²) in [5, 5.41) is 0.817. The first-order valence-electron chi connectivity index (χ1n) is 12.4. The van der Waals surface area contributed by atoms with Crippen LogP contribution in [0.3, 0.4) is 0 Å². The Morgan fingerprint density at radius 1 is 0.943 bits per heavy atom. The third kappa shape index (κ3) is 4.75. The Bertz CT molecular complexity index is 1410. The Hall–Kier alpha value is -3.02. The summed E-state index contributed by atoms with van der Waals surface area (Å²) in [6, 6.07) is 27.3. The Morgan fingerprint density at radius 3 is 2.40 bits per heavy atom. The lowest BCUT2D eigenvalue weighted by Crippen LogP contribution is -2.34. The van der Waals surface area contributed by atoms with E-state index in [1.165, 1.54) is 6.42 Å². The van der Waals surface area contributed by atoms with Crippen LogP contribution in [0, 0.1) is 11.3 Å². The molecule has 0 saturated heterocycles. The van der Waals surface area contributed by atoms with Crippen molar-refractivity contribution in [2.75, 3.05) is 0 Å². The third-order valence-corrected chi connectivity index (χ3v) is 8.99. The highest BCUT2D eigenvalue weighted by Gasteiger charge is 2.55. The van der Waals surface area contributed by atoms with E-state index in [1.54, 1.807) is 18.3 Å². The molecular formula is C30H32N2O2S. The van der Waals surface area contributed by atoms with Crippen molar-refractivity contribution in [2.24, 2.45) is 11.3 Å². The minimum absolute atomic E-state index is 0.117. The number of hydrogen-bond donors (Lipinski definition) is 1. The Morgan fingerprint density at radius 2 is 1.66 bits per heavy atom. The average Bonchev–Trinajstić information content (AvgIpc) is 3.56. The van der Waals surface area contributed by atoms with Gasteiger partial charge in [0, 0.05) is 11.6 Å². The van der Waals surface area contributed by atoms with E-state index in [-0.39, 0.29) is 16.4 Å². The Labute approximate surface area is 208 Å². The SMILES string of the molecule is CCCC[C@@H]1C[C@@]1(C)[C@@H](NS(=O)(=O)c1cccc2cccnc12)c1ccc(-c2ccccc2)cc1. The van der Waals surface area contributed by atoms with Crippen molar-refractivity contribution >= 4 is 20.9 Å². The van der Waals surface area contributed by atoms with Gasteiger partial charge in [-0.1, -0.05) is 99.5 Å². The summed E-state index contributed by atoms with van der Waals surface area (Å²) in [5.74, 6) is 0.509. The molecule has 4 aromatic rings. The molecule has 1 aromatic heterocycles. The topological polar surface area (TPSA) is 59.1 Å². The van der Waals surface area contributed by atoms with Gasteiger partial charge >= 0.3 is 0 Å². The molecule has 1 saturated carbocycles. The van der Waals surface area contributed by atoms with Gasteiger partial charge in [0.05, 0.1) is 11.6 Å². The van der Waals surface area contributed by atoms with Crippen LogP contribution < -0.4 is 4.72 Å². The van der Waals surface area contributed by atoms with Gasteiger partial charge in [0.25, 0.3) is 0 Å². The third-order valence-electron chi connectivity index (χ3n) is 7.53. The Kier molecular flexibility index (Phi) is 6.47. The van der Waals surface area contributed by atoms with Crippen molar-refractivity contribution in [3.05, 3.63) is 96.7 Å². The molecule has 0 spiro atoms. The van der Waals surface area contributed by atoms with Crippen molar-refractivity contribution in [3.8, 4) is 11.1 Å². The summed E-state index contributed by atoms with van der Waals surface area (Å²) in [7, 11) is -3.80. The monoisotopic (exact) mass is 484 g/mol. The van der Waals surface area contributed by atoms with Gasteiger partial charge in [-0.25, -0.2) is 13.1 Å². The highest BCUT2D eigenvalue weighted by atomic mass is 32.2. The van der Waals surface area contributed by atoms with Crippen LogP contribution in [0.2, 0.25) is 0 Å². The zero-order valence-electron chi connectivity index (χ0n) is 20.3. The molecule has 5 heteroatoms. The van der Waals surface area contributed by atoms with Gasteiger partial charge in [-0.3, -0.25) is 4.98 Å². The van der Waals surface area contributed by atoms with Gasteiger partial charge in [0.15, 0.2) is 0 Å². The molecule has 0 amide bonds. The summed E-state index contributed by atoms with van der Waals surface area (Å²) >= 11 is 0. The zero-order chi connectivity index (χ0) is 24.5. The van der Waals surface area contributed by atoms with E-state index in [1.807, 2.05) is 36.4 Å². The zero-order valence-corrected chi connectivity index (χ0v) is 21.1. The van der Waals surface area contributed by atoms with Gasteiger partial charge < -0.3 is 0 Å². The summed E-state index contributed by atoms with van der Waals surface area (Å²) in [4.78, 5) is 4.62. The number of rotatable bonds is 9. The van der Waals surface area contributed by atoms with Gasteiger partial charge in [0.1, 0.15) is 4.90 Å². The van der Waals surface area contributed by atoms with E-state index >= 15 is 0 Å². The standard InChI is InChI=1S/C30H32N2O2S/c1-3-4-14-26-21-30(26,2)29(25-18-16-23(17-19-25)22-10-6-5-7-11-22)32-35(33,34)27-15-8-12-24-13-9-20-31-28(24)27/h5-13,15-20,26,29,32H,3-4,14,21H2,1-2H3/t26-,29+,30-/m1/s1. The highest BCUT2D eigenvalue weighted by Crippen LogP contribution is 2.62. The lowest BCUT2D eigenvalue weighted by Gasteiger charge is -2.27. The maximum Gasteiger partial charge on any atom is 0.243 e. The molecule has 1 aliphatic rings. The number of nitrogens with zero attached hydrogens (tertiary/aromatic N) is 1. The number of aromatic nitrogens is 1. The molecule has 0 bridgehead atoms. The molecule has 35 heavy (non-hydrogen) atoms. The number of unbranched alkanes of at least 4 members (excludes halogenated alkanes) is 1. The van der Waals surface area contributed by atoms with Gasteiger partial charge in [-0.15, -0.1) is 0 Å². The molecule has 180 valence electrons. The maximum absolute atomic E-state index is 13.8. The molecule has 1 aliphatic carbocycles. The predicted octanol–water partition coefficient (Wildman–Crippen LogP) is 7.14. The van der Waals surface area contributed by atoms with Crippen LogP contribution in [0.15, 0.2) is 96.0 Å². The molecule has 1 heterocycles. The van der Waals surface area contributed by atoms with Crippen molar-refractivity contribution in [1.82, 2.24) is 9.71 Å². The van der Waals surface area contributed by atoms with Crippen molar-refractivity contribution in [3.63, 3.8) is 0 Å². The first-order valence-corrected chi connectivity index (χ1v) is 13.9. The molecule has 4 nitrogen and oxygen atoms in total. The fraction of sp³-hybridized carbons (Fsp3) is 0.300. The minimum atomic E-state index is -3.80. The molecular weight excluding hydrogens is 452 g/mol. The van der Waals surface area contributed by atoms with Crippen LogP contribution in [0.1, 0.15) is 51.1 Å². The number of benzene rings is 3. The fourth-order valence-corrected chi connectivity index (χ4v) is 6.83. The molecule has 0 radical (unpaired) electrons. The van der Waals surface area contributed by atoms with Gasteiger partial charge in [-0.2, -0.15) is 0 Å². The summed E-state index contributed by atoms with van der Waals surface area (Å²) in [6.45, 7) is 4.43. The lowest BCUT2D eigenvalue weighted by atomic mass is 9.88. The van der Waals surface area contributed by atoms with Crippen LogP contribution in [0.5, 0.6) is 0 Å². The molecule has 0 aliphatic heterocycles. The van der Waals surface area contributed by atoms with Gasteiger partial charge in [0.2, 0.25) is 10.0 Å². The number of nitrogens with one attached hydrogen (secondary N) is 1. The van der Waals surface area contributed by atoms with E-state index in [9.17, 15) is 8.42 Å². The smallest absolute Gasteiger partial charge is 0.243 e. The molecule has 1 N–H and O–H groups in total. The summed E-state index contributed by atoms with van der Waals surface area (Å²) in [5.41, 5.74) is 3.66. The molecule has 3 atom stereocenters. The molecule has 3 aromatic carbocycles. The first kappa shape index (κ1) is 23.7. The van der Waals surface area contributed by atoms with Crippen LogP contribution in [-0.2, 0) is 10.0 Å². The molecule has 0 unspecified atom stereocenters. The Balaban J connectivity index is 1.51. The normalized spacial score (nSPS) is 20.6. The van der Waals surface area contributed by atoms with Crippen molar-refractivity contribution in [2.45, 2.75) is 50.5 Å². The predicted molar refractivity (Wildman–Crippen MR) is 142 cm³/mol. The number of para-hydroxylation sites is 1. The molecule has 5 rings (SSSR count). The number of fused-ring (bicyclic) bond motifs is 1.